The Morgan fingerprint density at radius 1 is 1.40 bits per heavy atom. The Hall–Kier alpha value is -0.570. The van der Waals surface area contributed by atoms with E-state index in [0.717, 1.165) is 12.3 Å². The van der Waals surface area contributed by atoms with Crippen LogP contribution in [0.25, 0.3) is 0 Å². The molecule has 0 saturated heterocycles. The van der Waals surface area contributed by atoms with Gasteiger partial charge >= 0.3 is 5.97 Å². The molecule has 0 aromatic rings. The summed E-state index contributed by atoms with van der Waals surface area (Å²) in [5.74, 6) is 1.33. The molecule has 0 spiro atoms. The first-order chi connectivity index (χ1) is 7.13. The second-order valence-corrected chi connectivity index (χ2v) is 4.80. The summed E-state index contributed by atoms with van der Waals surface area (Å²) in [6.45, 7) is 2.30. The van der Waals surface area contributed by atoms with E-state index in [1.807, 2.05) is 0 Å². The van der Waals surface area contributed by atoms with Crippen molar-refractivity contribution >= 4 is 5.97 Å². The van der Waals surface area contributed by atoms with Crippen LogP contribution in [0, 0.1) is 11.8 Å². The van der Waals surface area contributed by atoms with Crippen molar-refractivity contribution in [2.45, 2.75) is 51.5 Å². The molecule has 1 aliphatic carbocycles. The van der Waals surface area contributed by atoms with Crippen molar-refractivity contribution in [3.63, 3.8) is 0 Å². The molecule has 88 valence electrons. The fraction of sp³-hybridized carbons (Fsp3) is 0.917. The van der Waals surface area contributed by atoms with Crippen molar-refractivity contribution in [2.75, 3.05) is 7.11 Å². The van der Waals surface area contributed by atoms with Crippen LogP contribution in [-0.4, -0.2) is 19.1 Å². The van der Waals surface area contributed by atoms with Gasteiger partial charge in [-0.3, -0.25) is 4.79 Å². The van der Waals surface area contributed by atoms with Crippen molar-refractivity contribution in [2.24, 2.45) is 17.6 Å². The minimum atomic E-state index is -0.144. The maximum absolute atomic E-state index is 11.0. The zero-order chi connectivity index (χ0) is 11.3. The molecule has 0 aliphatic heterocycles. The molecule has 0 amide bonds. The second kappa shape index (κ2) is 6.11. The van der Waals surface area contributed by atoms with E-state index in [1.165, 1.54) is 32.8 Å². The standard InChI is InChI=1S/C12H23NO2/c1-9-3-5-10(6-4-9)11(13)7-8-12(14)15-2/h9-11H,3-8,13H2,1-2H3. The van der Waals surface area contributed by atoms with Crippen LogP contribution >= 0.6 is 0 Å². The van der Waals surface area contributed by atoms with E-state index < -0.39 is 0 Å². The molecule has 0 bridgehead atoms. The number of nitrogens with two attached hydrogens (primary N) is 1. The zero-order valence-electron chi connectivity index (χ0n) is 9.87. The lowest BCUT2D eigenvalue weighted by Gasteiger charge is -2.30. The van der Waals surface area contributed by atoms with Gasteiger partial charge in [-0.05, 0) is 31.1 Å². The molecule has 1 rings (SSSR count). The van der Waals surface area contributed by atoms with Crippen LogP contribution in [0.4, 0.5) is 0 Å². The van der Waals surface area contributed by atoms with Crippen LogP contribution in [0.1, 0.15) is 45.4 Å². The van der Waals surface area contributed by atoms with Gasteiger partial charge in [-0.15, -0.1) is 0 Å². The van der Waals surface area contributed by atoms with E-state index in [4.69, 9.17) is 5.73 Å². The fourth-order valence-corrected chi connectivity index (χ4v) is 2.34. The SMILES string of the molecule is COC(=O)CCC(N)C1CCC(C)CC1. The third-order valence-electron chi connectivity index (χ3n) is 3.58. The maximum Gasteiger partial charge on any atom is 0.305 e. The first-order valence-electron chi connectivity index (χ1n) is 5.96. The molecule has 15 heavy (non-hydrogen) atoms. The quantitative estimate of drug-likeness (QED) is 0.727. The van der Waals surface area contributed by atoms with Crippen molar-refractivity contribution in [1.29, 1.82) is 0 Å². The summed E-state index contributed by atoms with van der Waals surface area (Å²) in [5.41, 5.74) is 6.09. The van der Waals surface area contributed by atoms with Crippen molar-refractivity contribution in [3.05, 3.63) is 0 Å². The van der Waals surface area contributed by atoms with Crippen molar-refractivity contribution in [1.82, 2.24) is 0 Å². The summed E-state index contributed by atoms with van der Waals surface area (Å²) in [7, 11) is 1.43. The lowest BCUT2D eigenvalue weighted by molar-refractivity contribution is -0.140. The lowest BCUT2D eigenvalue weighted by atomic mass is 9.78. The molecule has 2 N–H and O–H groups in total. The third kappa shape index (κ3) is 4.20. The fourth-order valence-electron chi connectivity index (χ4n) is 2.34. The first-order valence-corrected chi connectivity index (χ1v) is 5.96. The largest absolute Gasteiger partial charge is 0.469 e. The van der Waals surface area contributed by atoms with Gasteiger partial charge in [0.2, 0.25) is 0 Å². The molecule has 0 radical (unpaired) electrons. The van der Waals surface area contributed by atoms with Crippen LogP contribution in [-0.2, 0) is 9.53 Å². The van der Waals surface area contributed by atoms with Crippen LogP contribution in [0.2, 0.25) is 0 Å². The summed E-state index contributed by atoms with van der Waals surface area (Å²) >= 11 is 0. The Balaban J connectivity index is 2.22. The normalized spacial score (nSPS) is 28.5. The number of carbonyl (C=O) groups is 1. The number of methoxy groups -OCH3 is 1. The van der Waals surface area contributed by atoms with Gasteiger partial charge in [0.05, 0.1) is 7.11 Å². The zero-order valence-corrected chi connectivity index (χ0v) is 9.87. The van der Waals surface area contributed by atoms with Crippen molar-refractivity contribution in [3.8, 4) is 0 Å². The number of rotatable bonds is 4. The maximum atomic E-state index is 11.0. The summed E-state index contributed by atoms with van der Waals surface area (Å²) < 4.78 is 4.61. The van der Waals surface area contributed by atoms with Gasteiger partial charge in [-0.1, -0.05) is 19.8 Å². The molecule has 1 aliphatic rings. The average Bonchev–Trinajstić information content (AvgIpc) is 2.26. The third-order valence-corrected chi connectivity index (χ3v) is 3.58. The summed E-state index contributed by atoms with van der Waals surface area (Å²) in [5, 5.41) is 0. The highest BCUT2D eigenvalue weighted by molar-refractivity contribution is 5.69. The van der Waals surface area contributed by atoms with Gasteiger partial charge in [0.15, 0.2) is 0 Å². The Kier molecular flexibility index (Phi) is 5.09. The van der Waals surface area contributed by atoms with Gasteiger partial charge in [-0.25, -0.2) is 0 Å². The number of ether oxygens (including phenoxy) is 1. The topological polar surface area (TPSA) is 52.3 Å². The van der Waals surface area contributed by atoms with Crippen molar-refractivity contribution < 1.29 is 9.53 Å². The first kappa shape index (κ1) is 12.5. The molecule has 0 heterocycles. The van der Waals surface area contributed by atoms with Gasteiger partial charge < -0.3 is 10.5 Å². The summed E-state index contributed by atoms with van der Waals surface area (Å²) in [6.07, 6.45) is 6.26. The van der Waals surface area contributed by atoms with Gasteiger partial charge in [0.25, 0.3) is 0 Å². The highest BCUT2D eigenvalue weighted by Gasteiger charge is 2.23. The molecule has 1 fully saturated rings. The molecule has 3 nitrogen and oxygen atoms in total. The molecule has 1 unspecified atom stereocenters. The van der Waals surface area contributed by atoms with E-state index in [-0.39, 0.29) is 12.0 Å². The molecule has 1 atom stereocenters. The molecule has 1 saturated carbocycles. The number of carbonyl (C=O) groups excluding carboxylic acids is 1. The Labute approximate surface area is 92.4 Å². The Morgan fingerprint density at radius 2 is 2.00 bits per heavy atom. The van der Waals surface area contributed by atoms with E-state index >= 15 is 0 Å². The number of hydrogen-bond donors (Lipinski definition) is 1. The molecule has 0 aromatic carbocycles. The van der Waals surface area contributed by atoms with E-state index in [9.17, 15) is 4.79 Å². The van der Waals surface area contributed by atoms with Gasteiger partial charge in [0.1, 0.15) is 0 Å². The molecule has 0 aromatic heterocycles. The Morgan fingerprint density at radius 3 is 2.53 bits per heavy atom. The molecular weight excluding hydrogens is 190 g/mol. The monoisotopic (exact) mass is 213 g/mol. The predicted molar refractivity (Wildman–Crippen MR) is 60.3 cm³/mol. The van der Waals surface area contributed by atoms with E-state index in [2.05, 4.69) is 11.7 Å². The second-order valence-electron chi connectivity index (χ2n) is 4.80. The predicted octanol–water partition coefficient (Wildman–Crippen LogP) is 2.09. The highest BCUT2D eigenvalue weighted by Crippen LogP contribution is 2.30. The van der Waals surface area contributed by atoms with E-state index in [0.29, 0.717) is 12.3 Å². The van der Waals surface area contributed by atoms with E-state index in [1.54, 1.807) is 0 Å². The van der Waals surface area contributed by atoms with Crippen LogP contribution in [0.15, 0.2) is 0 Å². The lowest BCUT2D eigenvalue weighted by Crippen LogP contribution is -2.33. The van der Waals surface area contributed by atoms with Crippen LogP contribution < -0.4 is 5.73 Å². The number of esters is 1. The van der Waals surface area contributed by atoms with Gasteiger partial charge in [-0.2, -0.15) is 0 Å². The highest BCUT2D eigenvalue weighted by atomic mass is 16.5. The van der Waals surface area contributed by atoms with Gasteiger partial charge in [0, 0.05) is 12.5 Å². The molecule has 3 heteroatoms. The summed E-state index contributed by atoms with van der Waals surface area (Å²) in [4.78, 5) is 11.0. The summed E-state index contributed by atoms with van der Waals surface area (Å²) in [6, 6.07) is 0.177. The molecular formula is C12H23NO2. The minimum absolute atomic E-state index is 0.144. The smallest absolute Gasteiger partial charge is 0.305 e. The Bertz CT molecular complexity index is 198. The average molecular weight is 213 g/mol. The van der Waals surface area contributed by atoms with Crippen LogP contribution in [0.5, 0.6) is 0 Å². The van der Waals surface area contributed by atoms with Crippen LogP contribution in [0.3, 0.4) is 0 Å². The minimum Gasteiger partial charge on any atom is -0.469 e. The number of hydrogen-bond acceptors (Lipinski definition) is 3.